The predicted molar refractivity (Wildman–Crippen MR) is 533 cm³/mol. The average molecular weight is 1880 g/mol. The summed E-state index contributed by atoms with van der Waals surface area (Å²) in [4.78, 5) is 83.5. The molecular weight excluding hydrogens is 1770 g/mol. The van der Waals surface area contributed by atoms with Gasteiger partial charge in [0.25, 0.3) is 23.6 Å². The van der Waals surface area contributed by atoms with Crippen molar-refractivity contribution in [3.05, 3.63) is 307 Å². The summed E-state index contributed by atoms with van der Waals surface area (Å²) in [7, 11) is 3.64. The minimum Gasteiger partial charge on any atom is -0.491 e. The number of nitrogens with one attached hydrogen (secondary N) is 10. The van der Waals surface area contributed by atoms with Gasteiger partial charge in [0.05, 0.1) is 100 Å². The number of fused-ring (bicyclic) bond motifs is 10. The van der Waals surface area contributed by atoms with E-state index >= 15 is 0 Å². The molecule has 0 saturated heterocycles. The van der Waals surface area contributed by atoms with Gasteiger partial charge in [-0.1, -0.05) is 165 Å². The lowest BCUT2D eigenvalue weighted by molar-refractivity contribution is 0.0897. The number of H-pyrrole nitrogens is 1. The summed E-state index contributed by atoms with van der Waals surface area (Å²) in [5.74, 6) is 2.26. The van der Waals surface area contributed by atoms with E-state index in [9.17, 15) is 28.4 Å². The molecule has 0 atom stereocenters. The molecule has 0 aliphatic carbocycles. The Kier molecular flexibility index (Phi) is 29.1. The summed E-state index contributed by atoms with van der Waals surface area (Å²) >= 11 is 6.22. The van der Waals surface area contributed by atoms with E-state index in [1.165, 1.54) is 17.1 Å². The molecule has 714 valence electrons. The standard InChI is InChI=1S/C23H25N3O2.C22H26N4O2.C21H23FN4O2.C21H22N4O2.C20H21ClN4O2/c1-15-6-4-9-18-20(15)25-14-26-22(18)23(2,3)12-19(27)17-8-5-7-16-13-24-10-11-28-21(16)17;1-14-7-5-9-16-18(14)26(4)25-20(16)22(2,3)24-21(27)17-10-6-8-15-13-23-11-12-28-19(15)17;1-21(2,19-14-7-5-9-16(22)17(14)26(3)25-19)24-20(27)15-8-4-6-13-12-23-10-11-28-18(13)15;1-21(2,19-15-7-3-4-9-17(15)23-13-24-19)25-20(26)16-8-5-6-14-12-22-10-11-27-18(14)16;1-20(2,18-13-6-4-8-15(21)16(13)24-25-18)23-19(26)14-7-3-5-12-11-22-9-10-27-17(12)14/h4-9,14,24H,10-13H2,1-3H3;5-10,23H,11-13H2,1-4H3,(H,24,27);4-9,23H,10-12H2,1-3H3,(H,24,27);3-9,13,22H,10-12H2,1-2H3,(H,25,26);3-8,22H,9-11H2,1-2H3,(H,23,26)(H,24,25). The third kappa shape index (κ3) is 21.0. The second-order valence-electron chi connectivity index (χ2n) is 37.6. The van der Waals surface area contributed by atoms with Gasteiger partial charge in [-0.25, -0.2) is 24.3 Å². The van der Waals surface area contributed by atoms with Crippen LogP contribution in [-0.2, 0) is 74.4 Å². The van der Waals surface area contributed by atoms with Crippen molar-refractivity contribution in [2.45, 2.75) is 150 Å². The highest BCUT2D eigenvalue weighted by Gasteiger charge is 2.38. The molecule has 5 aromatic heterocycles. The third-order valence-corrected chi connectivity index (χ3v) is 25.4. The molecule has 0 saturated carbocycles. The number of benzene rings is 10. The number of amides is 4. The Morgan fingerprint density at radius 2 is 0.739 bits per heavy atom. The van der Waals surface area contributed by atoms with E-state index in [-0.39, 0.29) is 35.2 Å². The number of para-hydroxylation sites is 10. The van der Waals surface area contributed by atoms with Crippen molar-refractivity contribution < 1.29 is 52.0 Å². The van der Waals surface area contributed by atoms with Crippen molar-refractivity contribution in [3.63, 3.8) is 0 Å². The highest BCUT2D eigenvalue weighted by atomic mass is 35.5. The summed E-state index contributed by atoms with van der Waals surface area (Å²) in [6, 6.07) is 58.9. The summed E-state index contributed by atoms with van der Waals surface area (Å²) in [5, 5.41) is 50.6. The Morgan fingerprint density at radius 3 is 1.22 bits per heavy atom. The molecule has 138 heavy (non-hydrogen) atoms. The lowest BCUT2D eigenvalue weighted by Crippen LogP contribution is -2.42. The fraction of sp³-hybridized carbons (Fsp3) is 0.327. The summed E-state index contributed by atoms with van der Waals surface area (Å²) < 4.78 is 46.9. The van der Waals surface area contributed by atoms with Gasteiger partial charge in [-0.05, 0) is 129 Å². The molecule has 0 bridgehead atoms. The number of nitrogens with zero attached hydrogens (tertiary/aromatic N) is 9. The molecule has 15 aromatic rings. The predicted octanol–water partition coefficient (Wildman–Crippen LogP) is 16.0. The number of Topliss-reactive ketones (excluding diaryl/α,β-unsaturated/α-hetero) is 1. The molecule has 10 heterocycles. The second-order valence-corrected chi connectivity index (χ2v) is 38.0. The molecule has 0 fully saturated rings. The van der Waals surface area contributed by atoms with Crippen LogP contribution in [0.25, 0.3) is 54.5 Å². The maximum Gasteiger partial charge on any atom is 0.255 e. The number of aromatic amines is 1. The Hall–Kier alpha value is -14.1. The van der Waals surface area contributed by atoms with Gasteiger partial charge in [0.15, 0.2) is 5.78 Å². The highest BCUT2D eigenvalue weighted by Crippen LogP contribution is 2.40. The van der Waals surface area contributed by atoms with E-state index in [4.69, 9.17) is 40.4 Å². The number of hydrogen-bond donors (Lipinski definition) is 10. The second kappa shape index (κ2) is 41.4. The van der Waals surface area contributed by atoms with Gasteiger partial charge in [0.2, 0.25) is 0 Å². The van der Waals surface area contributed by atoms with Crippen LogP contribution >= 0.6 is 11.6 Å². The van der Waals surface area contributed by atoms with Gasteiger partial charge in [-0.2, -0.15) is 15.3 Å². The van der Waals surface area contributed by atoms with E-state index in [1.54, 1.807) is 43.7 Å². The average Bonchev–Trinajstić information content (AvgIpc) is 1.73. The first-order valence-electron chi connectivity index (χ1n) is 46.5. The normalized spacial score (nSPS) is 14.3. The summed E-state index contributed by atoms with van der Waals surface area (Å²) in [6.45, 7) is 33.6. The molecule has 31 heteroatoms. The minimum atomic E-state index is -0.809. The number of carbonyl (C=O) groups is 5. The number of hydrogen-bond acceptors (Lipinski definition) is 22. The molecule has 0 unspecified atom stereocenters. The highest BCUT2D eigenvalue weighted by molar-refractivity contribution is 6.35. The molecular formula is C107H117ClFN19O10. The molecule has 29 nitrogen and oxygen atoms in total. The largest absolute Gasteiger partial charge is 0.491 e. The van der Waals surface area contributed by atoms with Gasteiger partial charge in [-0.3, -0.25) is 38.4 Å². The van der Waals surface area contributed by atoms with E-state index in [0.717, 1.165) is 145 Å². The molecule has 0 radical (unpaired) electrons. The number of aryl methyl sites for hydroxylation is 4. The minimum absolute atomic E-state index is 0.0724. The summed E-state index contributed by atoms with van der Waals surface area (Å²) in [6.07, 6.45) is 3.48. The smallest absolute Gasteiger partial charge is 0.255 e. The molecule has 4 amide bonds. The first-order chi connectivity index (χ1) is 66.3. The van der Waals surface area contributed by atoms with Crippen molar-refractivity contribution in [1.82, 2.24) is 97.5 Å². The monoisotopic (exact) mass is 1880 g/mol. The lowest BCUT2D eigenvalue weighted by Gasteiger charge is -2.27. The van der Waals surface area contributed by atoms with E-state index in [1.807, 2.05) is 214 Å². The van der Waals surface area contributed by atoms with Gasteiger partial charge in [0.1, 0.15) is 91.3 Å². The number of aromatic nitrogens is 10. The van der Waals surface area contributed by atoms with Crippen LogP contribution < -0.4 is 71.5 Å². The van der Waals surface area contributed by atoms with Gasteiger partial charge in [0, 0.05) is 146 Å². The zero-order chi connectivity index (χ0) is 97.4. The van der Waals surface area contributed by atoms with Crippen LogP contribution in [0.15, 0.2) is 201 Å². The Morgan fingerprint density at radius 1 is 0.377 bits per heavy atom. The van der Waals surface area contributed by atoms with Crippen molar-refractivity contribution in [2.75, 3.05) is 65.8 Å². The maximum atomic E-state index is 14.2. The zero-order valence-electron chi connectivity index (χ0n) is 80.2. The van der Waals surface area contributed by atoms with Crippen LogP contribution in [0.3, 0.4) is 0 Å². The zero-order valence-corrected chi connectivity index (χ0v) is 81.0. The Labute approximate surface area is 805 Å². The van der Waals surface area contributed by atoms with Gasteiger partial charge >= 0.3 is 0 Å². The van der Waals surface area contributed by atoms with E-state index in [2.05, 4.69) is 116 Å². The van der Waals surface area contributed by atoms with Crippen molar-refractivity contribution in [3.8, 4) is 28.7 Å². The first kappa shape index (κ1) is 97.0. The van der Waals surface area contributed by atoms with Crippen LogP contribution in [0.1, 0.15) is 195 Å². The summed E-state index contributed by atoms with van der Waals surface area (Å²) in [5.41, 5.74) is 14.7. The van der Waals surface area contributed by atoms with E-state index in [0.29, 0.717) is 144 Å². The van der Waals surface area contributed by atoms with Crippen LogP contribution in [0.5, 0.6) is 28.7 Å². The Balaban J connectivity index is 0.000000125. The molecule has 5 aliphatic heterocycles. The number of ketones is 1. The molecule has 10 aromatic carbocycles. The topological polar surface area (TPSA) is 356 Å². The van der Waals surface area contributed by atoms with Crippen molar-refractivity contribution in [2.24, 2.45) is 14.1 Å². The van der Waals surface area contributed by atoms with E-state index < -0.39 is 27.6 Å². The fourth-order valence-electron chi connectivity index (χ4n) is 18.4. The van der Waals surface area contributed by atoms with Crippen LogP contribution in [0, 0.1) is 19.7 Å². The maximum absolute atomic E-state index is 14.2. The first-order valence-corrected chi connectivity index (χ1v) is 46.8. The fourth-order valence-corrected chi connectivity index (χ4v) is 18.6. The molecule has 20 rings (SSSR count). The van der Waals surface area contributed by atoms with Gasteiger partial charge in [-0.15, -0.1) is 0 Å². The number of ether oxygens (including phenoxy) is 5. The van der Waals surface area contributed by atoms with Gasteiger partial charge < -0.3 is 71.5 Å². The SMILES string of the molecule is CC(C)(NC(=O)c1cccc2c1OCCNC2)c1[nH]nc2c(Cl)cccc12.CC(C)(NC(=O)c1cccc2c1OCCNC2)c1ncnc2ccccc12.Cc1cccc2c(C(C)(C)CC(=O)c3cccc4c3OCCNC4)ncnc12.Cc1cccc2c(C(C)(C)NC(=O)c3cccc4c3OCCNC4)nn(C)c12.Cn1nc(C(C)(C)NC(=O)c2cccc3c2OCCNC3)c2cccc(F)c21. The number of rotatable bonds is 16. The van der Waals surface area contributed by atoms with Crippen LogP contribution in [0.4, 0.5) is 4.39 Å². The molecule has 10 N–H and O–H groups in total. The third-order valence-electron chi connectivity index (χ3n) is 25.1. The molecule has 0 spiro atoms. The van der Waals surface area contributed by atoms with Crippen LogP contribution in [0.2, 0.25) is 5.02 Å². The van der Waals surface area contributed by atoms with Crippen LogP contribution in [-0.4, -0.2) is 145 Å². The molecule has 5 aliphatic rings. The number of carbonyl (C=O) groups excluding carboxylic acids is 5. The van der Waals surface area contributed by atoms with Crippen molar-refractivity contribution >= 4 is 95.5 Å². The Bertz CT molecular complexity index is 6930. The number of halogens is 2. The quantitative estimate of drug-likeness (QED) is 0.0402. The van der Waals surface area contributed by atoms with Crippen molar-refractivity contribution in [1.29, 1.82) is 0 Å². The lowest BCUT2D eigenvalue weighted by atomic mass is 9.80.